The van der Waals surface area contributed by atoms with Crippen molar-refractivity contribution in [2.24, 2.45) is 0 Å². The minimum atomic E-state index is -0.366. The molecule has 0 spiro atoms. The molecule has 2 unspecified atom stereocenters. The minimum Gasteiger partial charge on any atom is -0.391 e. The zero-order chi connectivity index (χ0) is 14.9. The number of nitro groups is 1. The molecule has 0 saturated carbocycles. The highest BCUT2D eigenvalue weighted by molar-refractivity contribution is 5.56. The number of nitrogens with zero attached hydrogens (tertiary/aromatic N) is 3. The molecule has 110 valence electrons. The standard InChI is InChI=1S/C14H21N3O3/c1-10-6-11(4-5-14(10)17(19)20)16-9-13(18)7-12(16)8-15(2)3/h4-6,12-13,18H,7-9H2,1-3H3. The summed E-state index contributed by atoms with van der Waals surface area (Å²) in [5.74, 6) is 0. The Morgan fingerprint density at radius 2 is 2.20 bits per heavy atom. The summed E-state index contributed by atoms with van der Waals surface area (Å²) in [6, 6.07) is 5.38. The van der Waals surface area contributed by atoms with Crippen LogP contribution in [0.3, 0.4) is 0 Å². The van der Waals surface area contributed by atoms with Crippen LogP contribution in [0, 0.1) is 17.0 Å². The van der Waals surface area contributed by atoms with E-state index in [4.69, 9.17) is 0 Å². The number of aryl methyl sites for hydroxylation is 1. The van der Waals surface area contributed by atoms with Crippen LogP contribution in [0.4, 0.5) is 11.4 Å². The Balaban J connectivity index is 2.25. The highest BCUT2D eigenvalue weighted by atomic mass is 16.6. The summed E-state index contributed by atoms with van der Waals surface area (Å²) in [5.41, 5.74) is 1.73. The Morgan fingerprint density at radius 1 is 1.50 bits per heavy atom. The molecule has 0 aliphatic carbocycles. The molecule has 1 heterocycles. The monoisotopic (exact) mass is 279 g/mol. The average Bonchev–Trinajstić information content (AvgIpc) is 2.68. The van der Waals surface area contributed by atoms with Crippen LogP contribution in [0.15, 0.2) is 18.2 Å². The number of nitro benzene ring substituents is 1. The summed E-state index contributed by atoms with van der Waals surface area (Å²) in [6.07, 6.45) is 0.393. The molecule has 2 atom stereocenters. The predicted octanol–water partition coefficient (Wildman–Crippen LogP) is 1.40. The summed E-state index contributed by atoms with van der Waals surface area (Å²) in [7, 11) is 4.01. The summed E-state index contributed by atoms with van der Waals surface area (Å²) in [5, 5.41) is 20.7. The fourth-order valence-corrected chi connectivity index (χ4v) is 2.83. The van der Waals surface area contributed by atoms with Gasteiger partial charge in [-0.25, -0.2) is 0 Å². The van der Waals surface area contributed by atoms with Gasteiger partial charge in [-0.15, -0.1) is 0 Å². The number of likely N-dealkylation sites (N-methyl/N-ethyl adjacent to an activating group) is 1. The van der Waals surface area contributed by atoms with E-state index in [0.717, 1.165) is 18.7 Å². The molecule has 1 aliphatic rings. The van der Waals surface area contributed by atoms with Gasteiger partial charge < -0.3 is 14.9 Å². The molecule has 1 fully saturated rings. The van der Waals surface area contributed by atoms with E-state index in [1.165, 1.54) is 0 Å². The number of benzene rings is 1. The normalized spacial score (nSPS) is 22.6. The second-order valence-electron chi connectivity index (χ2n) is 5.69. The first-order valence-electron chi connectivity index (χ1n) is 6.73. The zero-order valence-corrected chi connectivity index (χ0v) is 12.1. The maximum atomic E-state index is 10.9. The summed E-state index contributed by atoms with van der Waals surface area (Å²) in [6.45, 7) is 3.18. The van der Waals surface area contributed by atoms with Crippen molar-refractivity contribution < 1.29 is 10.0 Å². The molecule has 6 nitrogen and oxygen atoms in total. The average molecular weight is 279 g/mol. The van der Waals surface area contributed by atoms with Gasteiger partial charge in [0.25, 0.3) is 5.69 Å². The molecular weight excluding hydrogens is 258 g/mol. The molecule has 1 aromatic rings. The third kappa shape index (κ3) is 3.08. The van der Waals surface area contributed by atoms with Crippen LogP contribution in [0.1, 0.15) is 12.0 Å². The van der Waals surface area contributed by atoms with Crippen LogP contribution in [-0.4, -0.2) is 54.3 Å². The highest BCUT2D eigenvalue weighted by Crippen LogP contribution is 2.30. The maximum absolute atomic E-state index is 10.9. The number of aliphatic hydroxyl groups is 1. The lowest BCUT2D eigenvalue weighted by atomic mass is 10.1. The summed E-state index contributed by atoms with van der Waals surface area (Å²) >= 11 is 0. The van der Waals surface area contributed by atoms with Crippen molar-refractivity contribution in [1.29, 1.82) is 0 Å². The van der Waals surface area contributed by atoms with Gasteiger partial charge >= 0.3 is 0 Å². The molecule has 0 radical (unpaired) electrons. The van der Waals surface area contributed by atoms with E-state index in [9.17, 15) is 15.2 Å². The molecule has 1 aromatic carbocycles. The molecule has 0 amide bonds. The number of rotatable bonds is 4. The Morgan fingerprint density at radius 3 is 2.75 bits per heavy atom. The lowest BCUT2D eigenvalue weighted by molar-refractivity contribution is -0.385. The van der Waals surface area contributed by atoms with Crippen molar-refractivity contribution in [2.75, 3.05) is 32.1 Å². The number of anilines is 1. The van der Waals surface area contributed by atoms with E-state index in [-0.39, 0.29) is 22.8 Å². The van der Waals surface area contributed by atoms with Crippen LogP contribution >= 0.6 is 0 Å². The topological polar surface area (TPSA) is 69.8 Å². The van der Waals surface area contributed by atoms with Gasteiger partial charge in [-0.2, -0.15) is 0 Å². The molecular formula is C14H21N3O3. The first kappa shape index (κ1) is 14.7. The quantitative estimate of drug-likeness (QED) is 0.666. The van der Waals surface area contributed by atoms with Crippen LogP contribution in [0.2, 0.25) is 0 Å². The summed E-state index contributed by atoms with van der Waals surface area (Å²) < 4.78 is 0. The molecule has 1 saturated heterocycles. The number of hydrogen-bond acceptors (Lipinski definition) is 5. The molecule has 2 rings (SSSR count). The van der Waals surface area contributed by atoms with E-state index in [1.807, 2.05) is 20.2 Å². The maximum Gasteiger partial charge on any atom is 0.272 e. The van der Waals surface area contributed by atoms with Gasteiger partial charge in [-0.3, -0.25) is 10.1 Å². The van der Waals surface area contributed by atoms with Crippen LogP contribution in [-0.2, 0) is 0 Å². The Labute approximate surface area is 118 Å². The second-order valence-corrected chi connectivity index (χ2v) is 5.69. The van der Waals surface area contributed by atoms with Crippen LogP contribution in [0.25, 0.3) is 0 Å². The van der Waals surface area contributed by atoms with Crippen molar-refractivity contribution in [3.05, 3.63) is 33.9 Å². The van der Waals surface area contributed by atoms with Crippen LogP contribution < -0.4 is 4.90 Å². The van der Waals surface area contributed by atoms with Gasteiger partial charge in [0.2, 0.25) is 0 Å². The van der Waals surface area contributed by atoms with Gasteiger partial charge in [-0.1, -0.05) is 0 Å². The number of aliphatic hydroxyl groups excluding tert-OH is 1. The second kappa shape index (κ2) is 5.76. The smallest absolute Gasteiger partial charge is 0.272 e. The van der Waals surface area contributed by atoms with E-state index in [0.29, 0.717) is 12.1 Å². The Bertz CT molecular complexity index is 504. The Kier molecular flexibility index (Phi) is 4.25. The first-order chi connectivity index (χ1) is 9.38. The van der Waals surface area contributed by atoms with Crippen molar-refractivity contribution in [1.82, 2.24) is 4.90 Å². The van der Waals surface area contributed by atoms with E-state index >= 15 is 0 Å². The molecule has 6 heteroatoms. The number of β-amino-alcohol motifs (C(OH)–C–C–N with tert-alkyl or cyclic N) is 1. The predicted molar refractivity (Wildman–Crippen MR) is 78.1 cm³/mol. The molecule has 1 N–H and O–H groups in total. The van der Waals surface area contributed by atoms with Gasteiger partial charge in [0.15, 0.2) is 0 Å². The lowest BCUT2D eigenvalue weighted by Gasteiger charge is -2.28. The molecule has 20 heavy (non-hydrogen) atoms. The van der Waals surface area contributed by atoms with E-state index in [1.54, 1.807) is 19.1 Å². The molecule has 0 bridgehead atoms. The van der Waals surface area contributed by atoms with Crippen LogP contribution in [0.5, 0.6) is 0 Å². The lowest BCUT2D eigenvalue weighted by Crippen LogP contribution is -2.37. The van der Waals surface area contributed by atoms with E-state index < -0.39 is 0 Å². The molecule has 0 aromatic heterocycles. The van der Waals surface area contributed by atoms with Gasteiger partial charge in [-0.05, 0) is 39.6 Å². The van der Waals surface area contributed by atoms with Crippen molar-refractivity contribution >= 4 is 11.4 Å². The van der Waals surface area contributed by atoms with E-state index in [2.05, 4.69) is 9.80 Å². The fraction of sp³-hybridized carbons (Fsp3) is 0.571. The zero-order valence-electron chi connectivity index (χ0n) is 12.1. The largest absolute Gasteiger partial charge is 0.391 e. The summed E-state index contributed by atoms with van der Waals surface area (Å²) in [4.78, 5) is 14.7. The van der Waals surface area contributed by atoms with Gasteiger partial charge in [0, 0.05) is 36.4 Å². The SMILES string of the molecule is Cc1cc(N2CC(O)CC2CN(C)C)ccc1[N+](=O)[O-]. The fourth-order valence-electron chi connectivity index (χ4n) is 2.83. The molecule has 1 aliphatic heterocycles. The van der Waals surface area contributed by atoms with Gasteiger partial charge in [0.05, 0.1) is 11.0 Å². The minimum absolute atomic E-state index is 0.137. The highest BCUT2D eigenvalue weighted by Gasteiger charge is 2.31. The Hall–Kier alpha value is -1.66. The third-order valence-electron chi connectivity index (χ3n) is 3.68. The van der Waals surface area contributed by atoms with Crippen molar-refractivity contribution in [3.8, 4) is 0 Å². The number of hydrogen-bond donors (Lipinski definition) is 1. The van der Waals surface area contributed by atoms with Crippen molar-refractivity contribution in [3.63, 3.8) is 0 Å². The van der Waals surface area contributed by atoms with Crippen molar-refractivity contribution in [2.45, 2.75) is 25.5 Å². The first-order valence-corrected chi connectivity index (χ1v) is 6.73. The third-order valence-corrected chi connectivity index (χ3v) is 3.68. The van der Waals surface area contributed by atoms with Gasteiger partial charge in [0.1, 0.15) is 0 Å².